The highest BCUT2D eigenvalue weighted by Crippen LogP contribution is 2.32. The summed E-state index contributed by atoms with van der Waals surface area (Å²) in [6.45, 7) is 5.99. The highest BCUT2D eigenvalue weighted by molar-refractivity contribution is 6.35. The van der Waals surface area contributed by atoms with Gasteiger partial charge in [-0.1, -0.05) is 44.0 Å². The fourth-order valence-electron chi connectivity index (χ4n) is 1.62. The topological polar surface area (TPSA) is 37.3 Å². The van der Waals surface area contributed by atoms with E-state index in [-0.39, 0.29) is 28.4 Å². The second-order valence-corrected chi connectivity index (χ2v) is 6.19. The van der Waals surface area contributed by atoms with Crippen LogP contribution < -0.4 is 0 Å². The number of ketones is 1. The van der Waals surface area contributed by atoms with Gasteiger partial charge in [-0.05, 0) is 17.5 Å². The number of halogens is 2. The van der Waals surface area contributed by atoms with E-state index in [0.717, 1.165) is 0 Å². The van der Waals surface area contributed by atoms with E-state index in [2.05, 4.69) is 0 Å². The maximum absolute atomic E-state index is 11.8. The van der Waals surface area contributed by atoms with Crippen molar-refractivity contribution >= 4 is 29.0 Å². The lowest BCUT2D eigenvalue weighted by molar-refractivity contribution is -0.120. The molecule has 0 aliphatic rings. The van der Waals surface area contributed by atoms with Crippen molar-refractivity contribution in [2.75, 3.05) is 0 Å². The van der Waals surface area contributed by atoms with Crippen LogP contribution in [-0.2, 0) is 11.2 Å². The number of rotatable bonds is 3. The molecule has 0 atom stereocenters. The van der Waals surface area contributed by atoms with Crippen molar-refractivity contribution in [3.05, 3.63) is 27.7 Å². The van der Waals surface area contributed by atoms with Crippen LogP contribution in [-0.4, -0.2) is 10.9 Å². The number of benzene rings is 1. The second-order valence-electron chi connectivity index (χ2n) is 5.35. The lowest BCUT2D eigenvalue weighted by Gasteiger charge is -2.17. The predicted octanol–water partition coefficient (Wildman–Crippen LogP) is 4.25. The Bertz CT molecular complexity index is 434. The first-order chi connectivity index (χ1) is 7.69. The van der Waals surface area contributed by atoms with E-state index in [0.29, 0.717) is 17.0 Å². The van der Waals surface area contributed by atoms with E-state index >= 15 is 0 Å². The number of carbonyl (C=O) groups is 1. The van der Waals surface area contributed by atoms with E-state index in [9.17, 15) is 9.90 Å². The summed E-state index contributed by atoms with van der Waals surface area (Å²) < 4.78 is 0. The third-order valence-corrected chi connectivity index (χ3v) is 2.73. The number of phenolic OH excluding ortho intramolecular Hbond substituents is 1. The Morgan fingerprint density at radius 3 is 2.41 bits per heavy atom. The summed E-state index contributed by atoms with van der Waals surface area (Å²) in [5.74, 6) is 0.00413. The molecule has 0 aliphatic carbocycles. The van der Waals surface area contributed by atoms with Gasteiger partial charge < -0.3 is 5.11 Å². The van der Waals surface area contributed by atoms with E-state index < -0.39 is 0 Å². The second kappa shape index (κ2) is 5.28. The predicted molar refractivity (Wildman–Crippen MR) is 70.9 cm³/mol. The molecule has 17 heavy (non-hydrogen) atoms. The molecule has 2 nitrogen and oxygen atoms in total. The third-order valence-electron chi connectivity index (χ3n) is 2.22. The maximum Gasteiger partial charge on any atom is 0.137 e. The van der Waals surface area contributed by atoms with E-state index in [1.165, 1.54) is 6.07 Å². The average Bonchev–Trinajstić information content (AvgIpc) is 2.10. The number of phenols is 1. The van der Waals surface area contributed by atoms with Crippen LogP contribution in [0.15, 0.2) is 12.1 Å². The van der Waals surface area contributed by atoms with Crippen LogP contribution in [0.5, 0.6) is 5.75 Å². The summed E-state index contributed by atoms with van der Waals surface area (Å²) in [5, 5.41) is 10.3. The van der Waals surface area contributed by atoms with Crippen LogP contribution in [0.4, 0.5) is 0 Å². The van der Waals surface area contributed by atoms with Gasteiger partial charge in [0.2, 0.25) is 0 Å². The highest BCUT2D eigenvalue weighted by Gasteiger charge is 2.18. The van der Waals surface area contributed by atoms with Crippen molar-refractivity contribution in [3.8, 4) is 5.75 Å². The molecule has 1 N–H and O–H groups in total. The number of carbonyl (C=O) groups excluding carboxylic acids is 1. The number of Topliss-reactive ketones (excluding diaryl/α,β-unsaturated/α-hetero) is 1. The van der Waals surface area contributed by atoms with Gasteiger partial charge in [0.25, 0.3) is 0 Å². The van der Waals surface area contributed by atoms with Crippen molar-refractivity contribution in [2.45, 2.75) is 33.6 Å². The zero-order valence-corrected chi connectivity index (χ0v) is 11.7. The van der Waals surface area contributed by atoms with Crippen molar-refractivity contribution < 1.29 is 9.90 Å². The van der Waals surface area contributed by atoms with Crippen molar-refractivity contribution in [1.82, 2.24) is 0 Å². The molecule has 0 fully saturated rings. The molecule has 0 saturated heterocycles. The van der Waals surface area contributed by atoms with Crippen LogP contribution >= 0.6 is 23.2 Å². The molecule has 0 heterocycles. The minimum absolute atomic E-state index is 0.0571. The smallest absolute Gasteiger partial charge is 0.137 e. The molecule has 0 bridgehead atoms. The van der Waals surface area contributed by atoms with Gasteiger partial charge in [-0.3, -0.25) is 4.79 Å². The van der Waals surface area contributed by atoms with Crippen LogP contribution in [0.25, 0.3) is 0 Å². The van der Waals surface area contributed by atoms with Crippen LogP contribution in [0.2, 0.25) is 10.0 Å². The minimum atomic E-state index is -0.0604. The molecule has 0 spiro atoms. The lowest BCUT2D eigenvalue weighted by atomic mass is 9.88. The van der Waals surface area contributed by atoms with Crippen molar-refractivity contribution in [2.24, 2.45) is 5.41 Å². The zero-order chi connectivity index (χ0) is 13.2. The molecule has 94 valence electrons. The first-order valence-corrected chi connectivity index (χ1v) is 6.13. The van der Waals surface area contributed by atoms with Crippen molar-refractivity contribution in [3.63, 3.8) is 0 Å². The molecule has 0 unspecified atom stereocenters. The number of hydrogen-bond donors (Lipinski definition) is 1. The monoisotopic (exact) mass is 274 g/mol. The standard InChI is InChI=1S/C13H16Cl2O2/c1-13(2,3)7-10(16)5-8-4-9(14)6-11(15)12(8)17/h4,6,17H,5,7H2,1-3H3. The van der Waals surface area contributed by atoms with Gasteiger partial charge in [0.1, 0.15) is 11.5 Å². The van der Waals surface area contributed by atoms with Crippen LogP contribution in [0.3, 0.4) is 0 Å². The van der Waals surface area contributed by atoms with E-state index in [4.69, 9.17) is 23.2 Å². The summed E-state index contributed by atoms with van der Waals surface area (Å²) in [7, 11) is 0. The lowest BCUT2D eigenvalue weighted by Crippen LogP contribution is -2.14. The molecule has 0 aliphatic heterocycles. The molecule has 1 aromatic carbocycles. The summed E-state index contributed by atoms with van der Waals surface area (Å²) in [5.41, 5.74) is 0.423. The first kappa shape index (κ1) is 14.3. The van der Waals surface area contributed by atoms with Gasteiger partial charge in [-0.25, -0.2) is 0 Å². The maximum atomic E-state index is 11.8. The third kappa shape index (κ3) is 4.57. The Kier molecular flexibility index (Phi) is 4.45. The molecule has 0 amide bonds. The molecule has 1 aromatic rings. The Morgan fingerprint density at radius 2 is 1.88 bits per heavy atom. The SMILES string of the molecule is CC(C)(C)CC(=O)Cc1cc(Cl)cc(Cl)c1O. The molecule has 0 saturated carbocycles. The van der Waals surface area contributed by atoms with Gasteiger partial charge in [0.15, 0.2) is 0 Å². The summed E-state index contributed by atoms with van der Waals surface area (Å²) in [4.78, 5) is 11.8. The average molecular weight is 275 g/mol. The largest absolute Gasteiger partial charge is 0.506 e. The Hall–Kier alpha value is -0.730. The Morgan fingerprint density at radius 1 is 1.29 bits per heavy atom. The molecular weight excluding hydrogens is 259 g/mol. The van der Waals surface area contributed by atoms with Gasteiger partial charge >= 0.3 is 0 Å². The highest BCUT2D eigenvalue weighted by atomic mass is 35.5. The molecule has 0 radical (unpaired) electrons. The van der Waals surface area contributed by atoms with Gasteiger partial charge in [0.05, 0.1) is 5.02 Å². The van der Waals surface area contributed by atoms with Crippen LogP contribution in [0, 0.1) is 5.41 Å². The quantitative estimate of drug-likeness (QED) is 0.895. The van der Waals surface area contributed by atoms with E-state index in [1.54, 1.807) is 6.07 Å². The summed E-state index contributed by atoms with van der Waals surface area (Å²) in [6, 6.07) is 3.03. The van der Waals surface area contributed by atoms with E-state index in [1.807, 2.05) is 20.8 Å². The molecular formula is C13H16Cl2O2. The zero-order valence-electron chi connectivity index (χ0n) is 10.2. The minimum Gasteiger partial charge on any atom is -0.506 e. The molecule has 4 heteroatoms. The summed E-state index contributed by atoms with van der Waals surface area (Å²) in [6.07, 6.45) is 0.611. The normalized spacial score (nSPS) is 11.6. The number of aromatic hydroxyl groups is 1. The summed E-state index contributed by atoms with van der Waals surface area (Å²) >= 11 is 11.6. The van der Waals surface area contributed by atoms with Crippen molar-refractivity contribution in [1.29, 1.82) is 0 Å². The van der Waals surface area contributed by atoms with Crippen LogP contribution in [0.1, 0.15) is 32.8 Å². The fourth-order valence-corrected chi connectivity index (χ4v) is 2.16. The number of hydrogen-bond acceptors (Lipinski definition) is 2. The first-order valence-electron chi connectivity index (χ1n) is 5.37. The van der Waals surface area contributed by atoms with Gasteiger partial charge in [-0.2, -0.15) is 0 Å². The fraction of sp³-hybridized carbons (Fsp3) is 0.462. The molecule has 0 aromatic heterocycles. The van der Waals surface area contributed by atoms with Gasteiger partial charge in [0, 0.05) is 23.4 Å². The Balaban J connectivity index is 2.85. The van der Waals surface area contributed by atoms with Gasteiger partial charge in [-0.15, -0.1) is 0 Å². The molecule has 1 rings (SSSR count). The Labute approximate surface area is 112 Å².